The maximum absolute atomic E-state index is 12.1. The zero-order valence-corrected chi connectivity index (χ0v) is 14.7. The lowest BCUT2D eigenvalue weighted by Crippen LogP contribution is -2.58. The van der Waals surface area contributed by atoms with Crippen LogP contribution in [0.2, 0.25) is 0 Å². The molecule has 5 unspecified atom stereocenters. The average molecular weight is 374 g/mol. The molecule has 1 fully saturated rings. The van der Waals surface area contributed by atoms with E-state index in [9.17, 15) is 29.4 Å². The zero-order chi connectivity index (χ0) is 19.9. The molecular formula is C15H26N4O7. The number of aliphatic carboxylic acids is 1. The van der Waals surface area contributed by atoms with Crippen LogP contribution in [0.4, 0.5) is 0 Å². The van der Waals surface area contributed by atoms with E-state index in [1.807, 2.05) is 5.32 Å². The molecule has 11 heteroatoms. The van der Waals surface area contributed by atoms with Gasteiger partial charge in [0, 0.05) is 0 Å². The molecule has 3 amide bonds. The van der Waals surface area contributed by atoms with Crippen LogP contribution >= 0.6 is 0 Å². The fourth-order valence-electron chi connectivity index (χ4n) is 2.42. The molecule has 1 rings (SSSR count). The van der Waals surface area contributed by atoms with Gasteiger partial charge in [0.05, 0.1) is 18.8 Å². The van der Waals surface area contributed by atoms with Crippen LogP contribution in [0.5, 0.6) is 0 Å². The van der Waals surface area contributed by atoms with Crippen LogP contribution in [0.1, 0.15) is 26.7 Å². The predicted octanol–water partition coefficient (Wildman–Crippen LogP) is -3.33. The van der Waals surface area contributed by atoms with Gasteiger partial charge in [-0.3, -0.25) is 14.4 Å². The van der Waals surface area contributed by atoms with Gasteiger partial charge in [-0.05, 0) is 33.2 Å². The summed E-state index contributed by atoms with van der Waals surface area (Å²) in [7, 11) is 0. The Bertz CT molecular complexity index is 534. The Hall–Kier alpha value is -2.24. The highest BCUT2D eigenvalue weighted by molar-refractivity contribution is 5.94. The summed E-state index contributed by atoms with van der Waals surface area (Å²) in [6, 6.07) is -4.34. The first-order valence-corrected chi connectivity index (χ1v) is 8.33. The molecule has 0 spiro atoms. The molecule has 7 N–H and O–H groups in total. The van der Waals surface area contributed by atoms with Crippen LogP contribution in [0, 0.1) is 0 Å². The van der Waals surface area contributed by atoms with Crippen molar-refractivity contribution in [3.8, 4) is 0 Å². The SMILES string of the molecule is CC(NC(=O)C1CCCN1)C(=O)NC(CO)C(=O)NC(C(=O)O)C(C)O. The predicted molar refractivity (Wildman–Crippen MR) is 88.9 cm³/mol. The van der Waals surface area contributed by atoms with Gasteiger partial charge in [0.15, 0.2) is 6.04 Å². The van der Waals surface area contributed by atoms with Crippen molar-refractivity contribution in [1.29, 1.82) is 0 Å². The van der Waals surface area contributed by atoms with E-state index in [4.69, 9.17) is 5.11 Å². The van der Waals surface area contributed by atoms with E-state index in [-0.39, 0.29) is 11.9 Å². The summed E-state index contributed by atoms with van der Waals surface area (Å²) in [6.45, 7) is 2.54. The molecule has 0 saturated carbocycles. The highest BCUT2D eigenvalue weighted by Crippen LogP contribution is 2.05. The van der Waals surface area contributed by atoms with E-state index in [1.54, 1.807) is 0 Å². The molecule has 1 saturated heterocycles. The summed E-state index contributed by atoms with van der Waals surface area (Å²) in [4.78, 5) is 47.1. The second kappa shape index (κ2) is 10.0. The third-order valence-corrected chi connectivity index (χ3v) is 3.99. The van der Waals surface area contributed by atoms with E-state index in [1.165, 1.54) is 13.8 Å². The van der Waals surface area contributed by atoms with Gasteiger partial charge >= 0.3 is 5.97 Å². The van der Waals surface area contributed by atoms with Crippen LogP contribution in [0.25, 0.3) is 0 Å². The number of hydrogen-bond acceptors (Lipinski definition) is 7. The van der Waals surface area contributed by atoms with Gasteiger partial charge in [-0.2, -0.15) is 0 Å². The molecule has 0 bridgehead atoms. The van der Waals surface area contributed by atoms with Crippen molar-refractivity contribution in [3.05, 3.63) is 0 Å². The lowest BCUT2D eigenvalue weighted by Gasteiger charge is -2.23. The van der Waals surface area contributed by atoms with E-state index in [0.717, 1.165) is 13.0 Å². The van der Waals surface area contributed by atoms with Crippen molar-refractivity contribution in [2.45, 2.75) is 57.0 Å². The first-order chi connectivity index (χ1) is 12.2. The molecule has 26 heavy (non-hydrogen) atoms. The number of nitrogens with one attached hydrogen (secondary N) is 4. The molecule has 0 aliphatic carbocycles. The van der Waals surface area contributed by atoms with Gasteiger partial charge < -0.3 is 36.6 Å². The van der Waals surface area contributed by atoms with Crippen LogP contribution < -0.4 is 21.3 Å². The van der Waals surface area contributed by atoms with Crippen molar-refractivity contribution in [3.63, 3.8) is 0 Å². The molecule has 0 aromatic heterocycles. The first-order valence-electron chi connectivity index (χ1n) is 8.33. The standard InChI is InChI=1S/C15H26N4O7/c1-7(17-13(23)9-4-3-5-16-9)12(22)18-10(6-20)14(24)19-11(8(2)21)15(25)26/h7-11,16,20-21H,3-6H2,1-2H3,(H,17,23)(H,18,22)(H,19,24)(H,25,26). The summed E-state index contributed by atoms with van der Waals surface area (Å²) in [6.07, 6.45) is 0.153. The van der Waals surface area contributed by atoms with E-state index in [0.29, 0.717) is 6.42 Å². The topological polar surface area (TPSA) is 177 Å². The summed E-state index contributed by atoms with van der Waals surface area (Å²) in [5.74, 6) is -3.48. The molecule has 11 nitrogen and oxygen atoms in total. The number of carbonyl (C=O) groups excluding carboxylic acids is 3. The number of carboxylic acid groups (broad SMARTS) is 1. The molecule has 0 aromatic carbocycles. The highest BCUT2D eigenvalue weighted by Gasteiger charge is 2.31. The number of carboxylic acids is 1. The molecule has 148 valence electrons. The van der Waals surface area contributed by atoms with E-state index < -0.39 is 48.6 Å². The molecular weight excluding hydrogens is 348 g/mol. The van der Waals surface area contributed by atoms with Crippen molar-refractivity contribution < 1.29 is 34.5 Å². The Balaban J connectivity index is 2.58. The van der Waals surface area contributed by atoms with Crippen molar-refractivity contribution in [1.82, 2.24) is 21.3 Å². The number of amides is 3. The fraction of sp³-hybridized carbons (Fsp3) is 0.733. The van der Waals surface area contributed by atoms with Crippen molar-refractivity contribution >= 4 is 23.7 Å². The van der Waals surface area contributed by atoms with Gasteiger partial charge in [0.1, 0.15) is 12.1 Å². The number of aliphatic hydroxyl groups excluding tert-OH is 2. The van der Waals surface area contributed by atoms with Crippen molar-refractivity contribution in [2.75, 3.05) is 13.2 Å². The van der Waals surface area contributed by atoms with E-state index in [2.05, 4.69) is 16.0 Å². The minimum atomic E-state index is -1.58. The van der Waals surface area contributed by atoms with Crippen molar-refractivity contribution in [2.24, 2.45) is 0 Å². The summed E-state index contributed by atoms with van der Waals surface area (Å²) >= 11 is 0. The smallest absolute Gasteiger partial charge is 0.328 e. The number of aliphatic hydroxyl groups is 2. The van der Waals surface area contributed by atoms with Gasteiger partial charge in [-0.1, -0.05) is 0 Å². The lowest BCUT2D eigenvalue weighted by molar-refractivity contribution is -0.145. The second-order valence-electron chi connectivity index (χ2n) is 6.19. The molecule has 5 atom stereocenters. The normalized spacial score (nSPS) is 21.2. The monoisotopic (exact) mass is 374 g/mol. The summed E-state index contributed by atoms with van der Waals surface area (Å²) < 4.78 is 0. The number of carbonyl (C=O) groups is 4. The summed E-state index contributed by atoms with van der Waals surface area (Å²) in [5, 5.41) is 37.4. The third-order valence-electron chi connectivity index (χ3n) is 3.99. The van der Waals surface area contributed by atoms with Gasteiger partial charge in [0.25, 0.3) is 0 Å². The minimum absolute atomic E-state index is 0.338. The molecule has 0 aromatic rings. The Labute approximate surface area is 150 Å². The Morgan fingerprint density at radius 2 is 1.77 bits per heavy atom. The Morgan fingerprint density at radius 3 is 2.23 bits per heavy atom. The molecule has 1 aliphatic heterocycles. The minimum Gasteiger partial charge on any atom is -0.480 e. The van der Waals surface area contributed by atoms with Gasteiger partial charge in [-0.25, -0.2) is 4.79 Å². The van der Waals surface area contributed by atoms with Gasteiger partial charge in [0.2, 0.25) is 17.7 Å². The van der Waals surface area contributed by atoms with Crippen LogP contribution in [-0.4, -0.2) is 82.4 Å². The zero-order valence-electron chi connectivity index (χ0n) is 14.7. The van der Waals surface area contributed by atoms with Gasteiger partial charge in [-0.15, -0.1) is 0 Å². The quantitative estimate of drug-likeness (QED) is 0.219. The molecule has 1 heterocycles. The first kappa shape index (κ1) is 21.8. The highest BCUT2D eigenvalue weighted by atomic mass is 16.4. The fourth-order valence-corrected chi connectivity index (χ4v) is 2.42. The molecule has 0 radical (unpaired) electrons. The maximum atomic E-state index is 12.1. The maximum Gasteiger partial charge on any atom is 0.328 e. The number of rotatable bonds is 9. The molecule has 1 aliphatic rings. The van der Waals surface area contributed by atoms with Crippen LogP contribution in [0.15, 0.2) is 0 Å². The van der Waals surface area contributed by atoms with E-state index >= 15 is 0 Å². The second-order valence-corrected chi connectivity index (χ2v) is 6.19. The number of hydrogen-bond donors (Lipinski definition) is 7. The Morgan fingerprint density at radius 1 is 1.12 bits per heavy atom. The third kappa shape index (κ3) is 6.24. The summed E-state index contributed by atoms with van der Waals surface area (Å²) in [5.41, 5.74) is 0. The largest absolute Gasteiger partial charge is 0.480 e. The van der Waals surface area contributed by atoms with Crippen LogP contribution in [0.3, 0.4) is 0 Å². The van der Waals surface area contributed by atoms with Crippen LogP contribution in [-0.2, 0) is 19.2 Å². The lowest BCUT2D eigenvalue weighted by atomic mass is 10.1. The Kier molecular flexibility index (Phi) is 8.42. The average Bonchev–Trinajstić information content (AvgIpc) is 3.10.